The highest BCUT2D eigenvalue weighted by molar-refractivity contribution is 6.30. The molecule has 1 aromatic heterocycles. The van der Waals surface area contributed by atoms with Gasteiger partial charge in [0.15, 0.2) is 0 Å². The van der Waals surface area contributed by atoms with Crippen molar-refractivity contribution in [1.82, 2.24) is 5.32 Å². The molecule has 2 amide bonds. The minimum atomic E-state index is -1.22. The molecular formula is C16H17ClN2O3. The minimum absolute atomic E-state index is 0.240. The van der Waals surface area contributed by atoms with Crippen LogP contribution in [0.2, 0.25) is 5.02 Å². The molecule has 0 aliphatic heterocycles. The molecule has 0 saturated heterocycles. The third kappa shape index (κ3) is 3.89. The van der Waals surface area contributed by atoms with Gasteiger partial charge in [0.2, 0.25) is 11.8 Å². The number of carbonyl (C=O) groups is 2. The van der Waals surface area contributed by atoms with Gasteiger partial charge in [-0.1, -0.05) is 11.6 Å². The molecule has 1 aromatic carbocycles. The van der Waals surface area contributed by atoms with E-state index >= 15 is 0 Å². The summed E-state index contributed by atoms with van der Waals surface area (Å²) >= 11 is 5.79. The number of halogens is 1. The second kappa shape index (κ2) is 6.66. The van der Waals surface area contributed by atoms with Gasteiger partial charge in [0, 0.05) is 10.7 Å². The quantitative estimate of drug-likeness (QED) is 0.831. The van der Waals surface area contributed by atoms with Gasteiger partial charge >= 0.3 is 0 Å². The Hall–Kier alpha value is -2.27. The van der Waals surface area contributed by atoms with Gasteiger partial charge in [-0.2, -0.15) is 0 Å². The van der Waals surface area contributed by atoms with Gasteiger partial charge < -0.3 is 15.1 Å². The molecule has 0 radical (unpaired) electrons. The smallest absolute Gasteiger partial charge is 0.239 e. The first-order valence-corrected chi connectivity index (χ1v) is 7.15. The van der Waals surface area contributed by atoms with Gasteiger partial charge in [0.05, 0.1) is 12.8 Å². The first-order chi connectivity index (χ1) is 10.4. The first-order valence-electron chi connectivity index (χ1n) is 6.77. The van der Waals surface area contributed by atoms with E-state index in [1.807, 2.05) is 0 Å². The van der Waals surface area contributed by atoms with Crippen LogP contribution in [0.15, 0.2) is 47.1 Å². The van der Waals surface area contributed by atoms with Crippen LogP contribution in [0.25, 0.3) is 0 Å². The number of anilines is 1. The van der Waals surface area contributed by atoms with E-state index in [1.54, 1.807) is 50.2 Å². The van der Waals surface area contributed by atoms with Crippen LogP contribution in [0.5, 0.6) is 0 Å². The van der Waals surface area contributed by atoms with Crippen LogP contribution in [0.1, 0.15) is 19.6 Å². The molecule has 0 atom stereocenters. The van der Waals surface area contributed by atoms with Gasteiger partial charge in [-0.05, 0) is 50.2 Å². The normalized spacial score (nSPS) is 11.0. The van der Waals surface area contributed by atoms with Gasteiger partial charge in [-0.15, -0.1) is 0 Å². The summed E-state index contributed by atoms with van der Waals surface area (Å²) in [5, 5.41) is 5.97. The average molecular weight is 321 g/mol. The van der Waals surface area contributed by atoms with Crippen LogP contribution >= 0.6 is 11.6 Å². The van der Waals surface area contributed by atoms with E-state index in [0.717, 1.165) is 0 Å². The van der Waals surface area contributed by atoms with E-state index < -0.39 is 11.3 Å². The molecule has 0 aliphatic carbocycles. The predicted molar refractivity (Wildman–Crippen MR) is 84.4 cm³/mol. The molecule has 1 heterocycles. The van der Waals surface area contributed by atoms with Crippen molar-refractivity contribution in [3.8, 4) is 0 Å². The summed E-state index contributed by atoms with van der Waals surface area (Å²) in [6.45, 7) is 3.37. The molecule has 5 nitrogen and oxygen atoms in total. The molecule has 0 aliphatic rings. The molecule has 116 valence electrons. The van der Waals surface area contributed by atoms with Gasteiger partial charge in [0.1, 0.15) is 11.2 Å². The highest BCUT2D eigenvalue weighted by Crippen LogP contribution is 2.20. The number of nitrogens with one attached hydrogen (secondary N) is 2. The standard InChI is InChI=1S/C16H17ClN2O3/c1-16(2,14(20)18-10-13-4-3-9-22-13)15(21)19-12-7-5-11(17)6-8-12/h3-9H,10H2,1-2H3,(H,18,20)(H,19,21). The fourth-order valence-corrected chi connectivity index (χ4v) is 1.85. The molecule has 22 heavy (non-hydrogen) atoms. The maximum atomic E-state index is 12.3. The third-order valence-electron chi connectivity index (χ3n) is 3.24. The summed E-state index contributed by atoms with van der Waals surface area (Å²) in [5.41, 5.74) is -0.631. The van der Waals surface area contributed by atoms with Gasteiger partial charge in [-0.25, -0.2) is 0 Å². The zero-order valence-electron chi connectivity index (χ0n) is 12.4. The van der Waals surface area contributed by atoms with E-state index in [2.05, 4.69) is 10.6 Å². The number of hydrogen-bond acceptors (Lipinski definition) is 3. The van der Waals surface area contributed by atoms with Crippen LogP contribution < -0.4 is 10.6 Å². The summed E-state index contributed by atoms with van der Waals surface area (Å²) in [4.78, 5) is 24.5. The molecule has 2 rings (SSSR count). The maximum Gasteiger partial charge on any atom is 0.239 e. The molecular weight excluding hydrogens is 304 g/mol. The Morgan fingerprint density at radius 3 is 2.41 bits per heavy atom. The van der Waals surface area contributed by atoms with Crippen molar-refractivity contribution >= 4 is 29.1 Å². The number of carbonyl (C=O) groups excluding carboxylic acids is 2. The van der Waals surface area contributed by atoms with Crippen molar-refractivity contribution < 1.29 is 14.0 Å². The van der Waals surface area contributed by atoms with Crippen LogP contribution in [0, 0.1) is 5.41 Å². The Morgan fingerprint density at radius 2 is 1.82 bits per heavy atom. The van der Waals surface area contributed by atoms with Crippen LogP contribution in [0.4, 0.5) is 5.69 Å². The molecule has 2 N–H and O–H groups in total. The summed E-state index contributed by atoms with van der Waals surface area (Å²) in [6.07, 6.45) is 1.53. The highest BCUT2D eigenvalue weighted by atomic mass is 35.5. The maximum absolute atomic E-state index is 12.3. The van der Waals surface area contributed by atoms with Crippen molar-refractivity contribution in [2.45, 2.75) is 20.4 Å². The van der Waals surface area contributed by atoms with E-state index in [0.29, 0.717) is 16.5 Å². The van der Waals surface area contributed by atoms with Crippen LogP contribution in [-0.4, -0.2) is 11.8 Å². The molecule has 0 fully saturated rings. The fourth-order valence-electron chi connectivity index (χ4n) is 1.73. The minimum Gasteiger partial charge on any atom is -0.467 e. The van der Waals surface area contributed by atoms with Crippen LogP contribution in [0.3, 0.4) is 0 Å². The van der Waals surface area contributed by atoms with E-state index in [-0.39, 0.29) is 12.5 Å². The molecule has 6 heteroatoms. The zero-order valence-corrected chi connectivity index (χ0v) is 13.1. The SMILES string of the molecule is CC(C)(C(=O)NCc1ccco1)C(=O)Nc1ccc(Cl)cc1. The summed E-state index contributed by atoms with van der Waals surface area (Å²) < 4.78 is 5.14. The average Bonchev–Trinajstić information content (AvgIpc) is 3.00. The van der Waals surface area contributed by atoms with E-state index in [9.17, 15) is 9.59 Å². The Kier molecular flexibility index (Phi) is 4.88. The molecule has 0 unspecified atom stereocenters. The predicted octanol–water partition coefficient (Wildman–Crippen LogP) is 3.21. The summed E-state index contributed by atoms with van der Waals surface area (Å²) in [6, 6.07) is 10.2. The third-order valence-corrected chi connectivity index (χ3v) is 3.49. The monoisotopic (exact) mass is 320 g/mol. The van der Waals surface area contributed by atoms with Crippen molar-refractivity contribution in [1.29, 1.82) is 0 Å². The lowest BCUT2D eigenvalue weighted by Gasteiger charge is -2.22. The molecule has 0 spiro atoms. The van der Waals surface area contributed by atoms with Crippen molar-refractivity contribution in [2.24, 2.45) is 5.41 Å². The van der Waals surface area contributed by atoms with Crippen molar-refractivity contribution in [2.75, 3.05) is 5.32 Å². The van der Waals surface area contributed by atoms with Crippen LogP contribution in [-0.2, 0) is 16.1 Å². The second-order valence-corrected chi connectivity index (χ2v) is 5.78. The fraction of sp³-hybridized carbons (Fsp3) is 0.250. The number of amides is 2. The lowest BCUT2D eigenvalue weighted by Crippen LogP contribution is -2.44. The summed E-state index contributed by atoms with van der Waals surface area (Å²) in [5.74, 6) is -0.149. The first kappa shape index (κ1) is 16.1. The molecule has 0 saturated carbocycles. The van der Waals surface area contributed by atoms with Crippen molar-refractivity contribution in [3.05, 3.63) is 53.4 Å². The number of benzene rings is 1. The second-order valence-electron chi connectivity index (χ2n) is 5.35. The number of rotatable bonds is 5. The molecule has 0 bridgehead atoms. The number of hydrogen-bond donors (Lipinski definition) is 2. The Bertz CT molecular complexity index is 649. The van der Waals surface area contributed by atoms with Crippen molar-refractivity contribution in [3.63, 3.8) is 0 Å². The highest BCUT2D eigenvalue weighted by Gasteiger charge is 2.36. The Balaban J connectivity index is 1.96. The lowest BCUT2D eigenvalue weighted by atomic mass is 9.91. The zero-order chi connectivity index (χ0) is 16.2. The topological polar surface area (TPSA) is 71.3 Å². The number of furan rings is 1. The Morgan fingerprint density at radius 1 is 1.14 bits per heavy atom. The van der Waals surface area contributed by atoms with Gasteiger partial charge in [-0.3, -0.25) is 9.59 Å². The summed E-state index contributed by atoms with van der Waals surface area (Å²) in [7, 11) is 0. The van der Waals surface area contributed by atoms with E-state index in [4.69, 9.17) is 16.0 Å². The largest absolute Gasteiger partial charge is 0.467 e. The van der Waals surface area contributed by atoms with Gasteiger partial charge in [0.25, 0.3) is 0 Å². The van der Waals surface area contributed by atoms with E-state index in [1.165, 1.54) is 6.26 Å². The lowest BCUT2D eigenvalue weighted by molar-refractivity contribution is -0.138. The Labute approximate surface area is 133 Å². The molecule has 2 aromatic rings.